The Morgan fingerprint density at radius 3 is 2.17 bits per heavy atom. The summed E-state index contributed by atoms with van der Waals surface area (Å²) in [6.45, 7) is 5.19. The lowest BCUT2D eigenvalue weighted by atomic mass is 9.72. The van der Waals surface area contributed by atoms with Crippen LogP contribution in [0.2, 0.25) is 0 Å². The van der Waals surface area contributed by atoms with Crippen molar-refractivity contribution in [3.05, 3.63) is 97.2 Å². The van der Waals surface area contributed by atoms with Gasteiger partial charge in [-0.05, 0) is 38.5 Å². The smallest absolute Gasteiger partial charge is 0.336 e. The molecule has 2 unspecified atom stereocenters. The molecule has 0 aromatic heterocycles. The highest BCUT2D eigenvalue weighted by atomic mass is 16.6. The van der Waals surface area contributed by atoms with Gasteiger partial charge in [-0.25, -0.2) is 4.79 Å². The van der Waals surface area contributed by atoms with Crippen molar-refractivity contribution in [3.63, 3.8) is 0 Å². The van der Waals surface area contributed by atoms with Gasteiger partial charge in [0.25, 0.3) is 11.4 Å². The number of hydrogen-bond donors (Lipinski definition) is 1. The fourth-order valence-electron chi connectivity index (χ4n) is 4.11. The van der Waals surface area contributed by atoms with E-state index in [1.54, 1.807) is 32.9 Å². The molecule has 0 aliphatic heterocycles. The molecule has 1 aliphatic rings. The third-order valence-corrected chi connectivity index (χ3v) is 5.63. The van der Waals surface area contributed by atoms with Crippen molar-refractivity contribution in [2.75, 3.05) is 18.5 Å². The van der Waals surface area contributed by atoms with Gasteiger partial charge in [0.15, 0.2) is 0 Å². The number of rotatable bonds is 9. The van der Waals surface area contributed by atoms with Crippen molar-refractivity contribution in [2.45, 2.75) is 26.7 Å². The molecule has 3 rings (SSSR count). The Balaban J connectivity index is 2.22. The Labute approximate surface area is 206 Å². The molecular formula is C25H25N3O8. The van der Waals surface area contributed by atoms with Crippen molar-refractivity contribution < 1.29 is 28.9 Å². The van der Waals surface area contributed by atoms with Crippen LogP contribution in [0.5, 0.6) is 0 Å². The highest BCUT2D eigenvalue weighted by Gasteiger charge is 2.42. The largest absolute Gasteiger partial charge is 0.466 e. The molecule has 0 saturated carbocycles. The summed E-state index contributed by atoms with van der Waals surface area (Å²) in [5.41, 5.74) is 1.47. The van der Waals surface area contributed by atoms with E-state index in [2.05, 4.69) is 5.32 Å². The van der Waals surface area contributed by atoms with Gasteiger partial charge in [-0.1, -0.05) is 23.8 Å². The fourth-order valence-corrected chi connectivity index (χ4v) is 4.11. The summed E-state index contributed by atoms with van der Waals surface area (Å²) in [6, 6.07) is 11.3. The van der Waals surface area contributed by atoms with Crippen molar-refractivity contribution in [1.82, 2.24) is 0 Å². The lowest BCUT2D eigenvalue weighted by Gasteiger charge is -2.33. The van der Waals surface area contributed by atoms with Crippen LogP contribution in [-0.4, -0.2) is 35.0 Å². The van der Waals surface area contributed by atoms with Crippen molar-refractivity contribution >= 4 is 29.0 Å². The standard InChI is InChI=1S/C25H25N3O8/c1-4-35-24(29)21-15(3)13-20(26-17-7-6-8-19(14-17)28(33)34)23(25(30)36-5-2)22(21)16-9-11-18(12-10-16)27(31)32/h6-14,21-22,26H,4-5H2,1-3H3. The van der Waals surface area contributed by atoms with E-state index < -0.39 is 33.6 Å². The summed E-state index contributed by atoms with van der Waals surface area (Å²) in [7, 11) is 0. The first-order valence-corrected chi connectivity index (χ1v) is 11.2. The van der Waals surface area contributed by atoms with E-state index in [-0.39, 0.29) is 35.9 Å². The molecule has 0 spiro atoms. The van der Waals surface area contributed by atoms with Crippen molar-refractivity contribution in [2.24, 2.45) is 5.92 Å². The highest BCUT2D eigenvalue weighted by molar-refractivity contribution is 5.96. The summed E-state index contributed by atoms with van der Waals surface area (Å²) in [5, 5.41) is 25.4. The van der Waals surface area contributed by atoms with E-state index in [0.29, 0.717) is 16.8 Å². The number of anilines is 1. The molecule has 2 atom stereocenters. The Morgan fingerprint density at radius 1 is 0.944 bits per heavy atom. The maximum Gasteiger partial charge on any atom is 0.336 e. The van der Waals surface area contributed by atoms with E-state index in [4.69, 9.17) is 9.47 Å². The van der Waals surface area contributed by atoms with Gasteiger partial charge in [-0.2, -0.15) is 0 Å². The molecule has 0 heterocycles. The second-order valence-electron chi connectivity index (χ2n) is 7.92. The van der Waals surface area contributed by atoms with Gasteiger partial charge >= 0.3 is 11.9 Å². The zero-order valence-corrected chi connectivity index (χ0v) is 19.9. The number of allylic oxidation sites excluding steroid dienone is 1. The van der Waals surface area contributed by atoms with Crippen LogP contribution < -0.4 is 5.32 Å². The number of nitrogens with zero attached hydrogens (tertiary/aromatic N) is 2. The quantitative estimate of drug-likeness (QED) is 0.297. The van der Waals surface area contributed by atoms with Crippen molar-refractivity contribution in [3.8, 4) is 0 Å². The minimum atomic E-state index is -0.901. The molecule has 11 nitrogen and oxygen atoms in total. The molecule has 0 bridgehead atoms. The molecule has 0 radical (unpaired) electrons. The summed E-state index contributed by atoms with van der Waals surface area (Å²) < 4.78 is 10.6. The van der Waals surface area contributed by atoms with Crippen LogP contribution in [0.15, 0.2) is 71.5 Å². The Bertz CT molecular complexity index is 1250. The number of nitrogens with one attached hydrogen (secondary N) is 1. The summed E-state index contributed by atoms with van der Waals surface area (Å²) in [4.78, 5) is 47.6. The normalized spacial score (nSPS) is 17.1. The topological polar surface area (TPSA) is 151 Å². The number of nitro groups is 2. The average molecular weight is 495 g/mol. The SMILES string of the molecule is CCOC(=O)C1=C(Nc2cccc([N+](=O)[O-])c2)C=C(C)C(C(=O)OCC)C1c1ccc([N+](=O)[O-])cc1. The number of benzene rings is 2. The zero-order valence-electron chi connectivity index (χ0n) is 19.9. The van der Waals surface area contributed by atoms with E-state index in [1.807, 2.05) is 0 Å². The van der Waals surface area contributed by atoms with Gasteiger partial charge in [0, 0.05) is 41.6 Å². The molecule has 1 aliphatic carbocycles. The van der Waals surface area contributed by atoms with Gasteiger partial charge in [-0.3, -0.25) is 25.0 Å². The number of esters is 2. The van der Waals surface area contributed by atoms with E-state index >= 15 is 0 Å². The number of ether oxygens (including phenoxy) is 2. The van der Waals surface area contributed by atoms with Crippen LogP contribution in [0.4, 0.5) is 17.1 Å². The Kier molecular flexibility index (Phi) is 8.15. The number of carbonyl (C=O) groups excluding carboxylic acids is 2. The number of carbonyl (C=O) groups is 2. The number of non-ortho nitro benzene ring substituents is 2. The first kappa shape index (κ1) is 26.1. The van der Waals surface area contributed by atoms with Crippen LogP contribution in [0.3, 0.4) is 0 Å². The molecule has 0 saturated heterocycles. The monoisotopic (exact) mass is 495 g/mol. The van der Waals surface area contributed by atoms with Gasteiger partial charge in [-0.15, -0.1) is 0 Å². The predicted octanol–water partition coefficient (Wildman–Crippen LogP) is 4.66. The van der Waals surface area contributed by atoms with Gasteiger partial charge in [0.1, 0.15) is 0 Å². The first-order valence-electron chi connectivity index (χ1n) is 11.2. The van der Waals surface area contributed by atoms with E-state index in [1.165, 1.54) is 42.5 Å². The van der Waals surface area contributed by atoms with E-state index in [0.717, 1.165) is 0 Å². The lowest BCUT2D eigenvalue weighted by molar-refractivity contribution is -0.385. The van der Waals surface area contributed by atoms with Crippen LogP contribution in [0.25, 0.3) is 0 Å². The summed E-state index contributed by atoms with van der Waals surface area (Å²) >= 11 is 0. The molecule has 2 aromatic carbocycles. The Hall–Kier alpha value is -4.54. The maximum atomic E-state index is 13.2. The predicted molar refractivity (Wildman–Crippen MR) is 130 cm³/mol. The summed E-state index contributed by atoms with van der Waals surface area (Å²) in [6.07, 6.45) is 1.61. The van der Waals surface area contributed by atoms with E-state index in [9.17, 15) is 29.8 Å². The number of nitro benzene ring substituents is 2. The molecule has 0 fully saturated rings. The van der Waals surface area contributed by atoms with Gasteiger partial charge in [0.2, 0.25) is 0 Å². The molecule has 11 heteroatoms. The molecule has 1 N–H and O–H groups in total. The second-order valence-corrected chi connectivity index (χ2v) is 7.92. The minimum absolute atomic E-state index is 0.0617. The number of hydrogen-bond acceptors (Lipinski definition) is 9. The van der Waals surface area contributed by atoms with Crippen LogP contribution >= 0.6 is 0 Å². The fraction of sp³-hybridized carbons (Fsp3) is 0.280. The van der Waals surface area contributed by atoms with Gasteiger partial charge in [0.05, 0.1) is 34.6 Å². The van der Waals surface area contributed by atoms with Gasteiger partial charge < -0.3 is 14.8 Å². The lowest BCUT2D eigenvalue weighted by Crippen LogP contribution is -2.34. The average Bonchev–Trinajstić information content (AvgIpc) is 2.84. The highest BCUT2D eigenvalue weighted by Crippen LogP contribution is 2.43. The van der Waals surface area contributed by atoms with Crippen molar-refractivity contribution in [1.29, 1.82) is 0 Å². The summed E-state index contributed by atoms with van der Waals surface area (Å²) in [5.74, 6) is -3.06. The molecule has 2 aromatic rings. The minimum Gasteiger partial charge on any atom is -0.466 e. The molecule has 36 heavy (non-hydrogen) atoms. The third kappa shape index (κ3) is 5.57. The molecular weight excluding hydrogens is 470 g/mol. The third-order valence-electron chi connectivity index (χ3n) is 5.63. The molecule has 188 valence electrons. The zero-order chi connectivity index (χ0) is 26.4. The first-order chi connectivity index (χ1) is 17.2. The maximum absolute atomic E-state index is 13.2. The molecule has 0 amide bonds. The van der Waals surface area contributed by atoms with Crippen LogP contribution in [0.1, 0.15) is 32.3 Å². The second kappa shape index (κ2) is 11.3. The Morgan fingerprint density at radius 2 is 1.58 bits per heavy atom. The van der Waals surface area contributed by atoms with Crippen LogP contribution in [-0.2, 0) is 19.1 Å². The van der Waals surface area contributed by atoms with Crippen LogP contribution in [0, 0.1) is 26.1 Å².